The highest BCUT2D eigenvalue weighted by atomic mass is 15.4. The molecule has 0 spiro atoms. The fourth-order valence-corrected chi connectivity index (χ4v) is 1.84. The lowest BCUT2D eigenvalue weighted by Gasteiger charge is -2.00. The average molecular weight is 254 g/mol. The molecule has 0 atom stereocenters. The van der Waals surface area contributed by atoms with Gasteiger partial charge in [-0.3, -0.25) is 9.67 Å². The zero-order valence-corrected chi connectivity index (χ0v) is 10.6. The maximum Gasteiger partial charge on any atom is 0.131 e. The molecule has 0 saturated carbocycles. The highest BCUT2D eigenvalue weighted by Gasteiger charge is 2.05. The quantitative estimate of drug-likeness (QED) is 0.708. The third-order valence-electron chi connectivity index (χ3n) is 2.83. The fraction of sp³-hybridized carbons (Fsp3) is 0.231. The Bertz CT molecular complexity index is 655. The van der Waals surface area contributed by atoms with Gasteiger partial charge >= 0.3 is 0 Å². The van der Waals surface area contributed by atoms with Gasteiger partial charge in [0.2, 0.25) is 0 Å². The molecule has 6 heteroatoms. The van der Waals surface area contributed by atoms with Gasteiger partial charge in [0, 0.05) is 18.6 Å². The van der Waals surface area contributed by atoms with Gasteiger partial charge in [-0.1, -0.05) is 5.21 Å². The van der Waals surface area contributed by atoms with E-state index in [1.807, 2.05) is 42.2 Å². The summed E-state index contributed by atoms with van der Waals surface area (Å²) >= 11 is 0. The summed E-state index contributed by atoms with van der Waals surface area (Å²) in [5, 5.41) is 12.4. The first-order valence-electron chi connectivity index (χ1n) is 6.12. The van der Waals surface area contributed by atoms with Crippen molar-refractivity contribution in [2.24, 2.45) is 0 Å². The van der Waals surface area contributed by atoms with Crippen molar-refractivity contribution in [3.05, 3.63) is 48.5 Å². The predicted molar refractivity (Wildman–Crippen MR) is 70.2 cm³/mol. The van der Waals surface area contributed by atoms with Crippen LogP contribution in [-0.4, -0.2) is 29.8 Å². The second kappa shape index (κ2) is 5.01. The van der Waals surface area contributed by atoms with Gasteiger partial charge in [-0.25, -0.2) is 4.68 Å². The molecule has 6 nitrogen and oxygen atoms in total. The molecule has 0 unspecified atom stereocenters. The highest BCUT2D eigenvalue weighted by Crippen LogP contribution is 2.13. The molecule has 19 heavy (non-hydrogen) atoms. The fourth-order valence-electron chi connectivity index (χ4n) is 1.84. The SMILES string of the molecule is Cc1ccnc(-c2cn(CCn3cccn3)nn2)c1. The molecule has 0 bridgehead atoms. The van der Waals surface area contributed by atoms with Crippen LogP contribution in [0.15, 0.2) is 43.0 Å². The summed E-state index contributed by atoms with van der Waals surface area (Å²) in [5.41, 5.74) is 2.81. The zero-order valence-electron chi connectivity index (χ0n) is 10.6. The molecule has 0 aromatic carbocycles. The molecule has 0 fully saturated rings. The van der Waals surface area contributed by atoms with Gasteiger partial charge < -0.3 is 0 Å². The van der Waals surface area contributed by atoms with E-state index >= 15 is 0 Å². The second-order valence-electron chi connectivity index (χ2n) is 4.35. The van der Waals surface area contributed by atoms with Gasteiger partial charge in [0.1, 0.15) is 5.69 Å². The summed E-state index contributed by atoms with van der Waals surface area (Å²) in [4.78, 5) is 4.30. The third kappa shape index (κ3) is 2.67. The Hall–Kier alpha value is -2.50. The van der Waals surface area contributed by atoms with Crippen LogP contribution in [-0.2, 0) is 13.1 Å². The number of nitrogens with zero attached hydrogens (tertiary/aromatic N) is 6. The lowest BCUT2D eigenvalue weighted by atomic mass is 10.2. The van der Waals surface area contributed by atoms with Crippen molar-refractivity contribution >= 4 is 0 Å². The Morgan fingerprint density at radius 3 is 2.79 bits per heavy atom. The lowest BCUT2D eigenvalue weighted by molar-refractivity contribution is 0.490. The van der Waals surface area contributed by atoms with Crippen molar-refractivity contribution in [1.82, 2.24) is 29.8 Å². The summed E-state index contributed by atoms with van der Waals surface area (Å²) in [6.45, 7) is 3.55. The molecule has 96 valence electrons. The van der Waals surface area contributed by atoms with E-state index in [-0.39, 0.29) is 0 Å². The van der Waals surface area contributed by atoms with Crippen LogP contribution in [0.5, 0.6) is 0 Å². The number of hydrogen-bond donors (Lipinski definition) is 0. The molecular formula is C13H14N6. The van der Waals surface area contributed by atoms with Crippen LogP contribution >= 0.6 is 0 Å². The van der Waals surface area contributed by atoms with Crippen LogP contribution in [0.25, 0.3) is 11.4 Å². The normalized spacial score (nSPS) is 10.8. The molecule has 0 N–H and O–H groups in total. The molecule has 3 heterocycles. The van der Waals surface area contributed by atoms with Gasteiger partial charge in [-0.2, -0.15) is 5.10 Å². The van der Waals surface area contributed by atoms with Gasteiger partial charge in [-0.05, 0) is 30.7 Å². The third-order valence-corrected chi connectivity index (χ3v) is 2.83. The minimum Gasteiger partial charge on any atom is -0.271 e. The van der Waals surface area contributed by atoms with E-state index in [1.54, 1.807) is 17.1 Å². The van der Waals surface area contributed by atoms with Crippen LogP contribution in [0.3, 0.4) is 0 Å². The van der Waals surface area contributed by atoms with Crippen LogP contribution in [0.4, 0.5) is 0 Å². The molecule has 0 amide bonds. The first-order chi connectivity index (χ1) is 9.31. The smallest absolute Gasteiger partial charge is 0.131 e. The average Bonchev–Trinajstić information content (AvgIpc) is 3.08. The van der Waals surface area contributed by atoms with E-state index in [1.165, 1.54) is 0 Å². The molecule has 3 aromatic heterocycles. The minimum absolute atomic E-state index is 0.737. The Morgan fingerprint density at radius 2 is 2.00 bits per heavy atom. The molecule has 0 saturated heterocycles. The summed E-state index contributed by atoms with van der Waals surface area (Å²) < 4.78 is 3.67. The number of pyridine rings is 1. The van der Waals surface area contributed by atoms with Gasteiger partial charge in [0.05, 0.1) is 25.0 Å². The van der Waals surface area contributed by atoms with Crippen molar-refractivity contribution in [3.8, 4) is 11.4 Å². The maximum atomic E-state index is 4.30. The molecule has 3 aromatic rings. The number of hydrogen-bond acceptors (Lipinski definition) is 4. The van der Waals surface area contributed by atoms with Crippen molar-refractivity contribution in [3.63, 3.8) is 0 Å². The molecule has 0 aliphatic carbocycles. The van der Waals surface area contributed by atoms with E-state index in [4.69, 9.17) is 0 Å². The molecule has 0 aliphatic heterocycles. The largest absolute Gasteiger partial charge is 0.271 e. The van der Waals surface area contributed by atoms with E-state index in [9.17, 15) is 0 Å². The molecule has 3 rings (SSSR count). The zero-order chi connectivity index (χ0) is 13.1. The summed E-state index contributed by atoms with van der Waals surface area (Å²) in [6.07, 6.45) is 7.39. The van der Waals surface area contributed by atoms with Crippen LogP contribution in [0.1, 0.15) is 5.56 Å². The molecule has 0 aliphatic rings. The van der Waals surface area contributed by atoms with Gasteiger partial charge in [0.15, 0.2) is 0 Å². The summed E-state index contributed by atoms with van der Waals surface area (Å²) in [7, 11) is 0. The van der Waals surface area contributed by atoms with Crippen molar-refractivity contribution in [2.45, 2.75) is 20.0 Å². The summed E-state index contributed by atoms with van der Waals surface area (Å²) in [6, 6.07) is 5.87. The van der Waals surface area contributed by atoms with E-state index in [0.717, 1.165) is 30.0 Å². The Balaban J connectivity index is 1.72. The van der Waals surface area contributed by atoms with Gasteiger partial charge in [-0.15, -0.1) is 5.10 Å². The first kappa shape index (κ1) is 11.6. The number of aryl methyl sites for hydroxylation is 3. The van der Waals surface area contributed by atoms with Crippen molar-refractivity contribution < 1.29 is 0 Å². The number of aromatic nitrogens is 6. The van der Waals surface area contributed by atoms with Crippen molar-refractivity contribution in [2.75, 3.05) is 0 Å². The Kier molecular flexibility index (Phi) is 3.06. The van der Waals surface area contributed by atoms with Crippen LogP contribution in [0.2, 0.25) is 0 Å². The second-order valence-corrected chi connectivity index (χ2v) is 4.35. The maximum absolute atomic E-state index is 4.30. The highest BCUT2D eigenvalue weighted by molar-refractivity contribution is 5.52. The Labute approximate surface area is 110 Å². The Morgan fingerprint density at radius 1 is 1.11 bits per heavy atom. The van der Waals surface area contributed by atoms with Crippen LogP contribution < -0.4 is 0 Å². The van der Waals surface area contributed by atoms with Crippen LogP contribution in [0, 0.1) is 6.92 Å². The van der Waals surface area contributed by atoms with Gasteiger partial charge in [0.25, 0.3) is 0 Å². The predicted octanol–water partition coefficient (Wildman–Crippen LogP) is 1.55. The topological polar surface area (TPSA) is 61.4 Å². The van der Waals surface area contributed by atoms with E-state index in [2.05, 4.69) is 20.4 Å². The molecule has 0 radical (unpaired) electrons. The summed E-state index contributed by atoms with van der Waals surface area (Å²) in [5.74, 6) is 0. The standard InChI is InChI=1S/C13H14N6/c1-11-3-5-14-12(9-11)13-10-19(17-16-13)8-7-18-6-2-4-15-18/h2-6,9-10H,7-8H2,1H3. The monoisotopic (exact) mass is 254 g/mol. The van der Waals surface area contributed by atoms with E-state index < -0.39 is 0 Å². The van der Waals surface area contributed by atoms with E-state index in [0.29, 0.717) is 0 Å². The van der Waals surface area contributed by atoms with Crippen molar-refractivity contribution in [1.29, 1.82) is 0 Å². The lowest BCUT2D eigenvalue weighted by Crippen LogP contribution is -2.08. The number of rotatable bonds is 4. The molecular weight excluding hydrogens is 240 g/mol. The minimum atomic E-state index is 0.737. The first-order valence-corrected chi connectivity index (χ1v) is 6.12.